The van der Waals surface area contributed by atoms with Crippen LogP contribution in [0, 0.1) is 0 Å². The summed E-state index contributed by atoms with van der Waals surface area (Å²) in [5.74, 6) is -1.92. The molecule has 2 rings (SSSR count). The first kappa shape index (κ1) is 28.7. The van der Waals surface area contributed by atoms with Crippen LogP contribution in [0.2, 0.25) is 0 Å². The normalized spacial score (nSPS) is 18.4. The molecule has 1 aliphatic heterocycles. The Morgan fingerprint density at radius 3 is 2.17 bits per heavy atom. The Balaban J connectivity index is 2.20. The molecule has 10 nitrogen and oxygen atoms in total. The Bertz CT molecular complexity index is 976. The Morgan fingerprint density at radius 1 is 1.00 bits per heavy atom. The molecule has 1 aliphatic rings. The maximum Gasteiger partial charge on any atom is 0.412 e. The molecule has 0 bridgehead atoms. The van der Waals surface area contributed by atoms with E-state index in [1.807, 2.05) is 30.3 Å². The van der Waals surface area contributed by atoms with Gasteiger partial charge in [0.25, 0.3) is 0 Å². The molecule has 1 heterocycles. The Labute approximate surface area is 211 Å². The molecule has 10 heteroatoms. The number of likely N-dealkylation sites (tertiary alicyclic amines) is 1. The van der Waals surface area contributed by atoms with Crippen LogP contribution in [0.15, 0.2) is 42.1 Å². The maximum atomic E-state index is 13.1. The predicted octanol–water partition coefficient (Wildman–Crippen LogP) is 4.38. The molecule has 2 atom stereocenters. The van der Waals surface area contributed by atoms with Gasteiger partial charge in [0, 0.05) is 6.04 Å². The van der Waals surface area contributed by atoms with Crippen LogP contribution in [0.25, 0.3) is 0 Å². The average molecular weight is 505 g/mol. The van der Waals surface area contributed by atoms with E-state index in [0.717, 1.165) is 5.56 Å². The van der Waals surface area contributed by atoms with Crippen molar-refractivity contribution in [3.8, 4) is 0 Å². The number of carbonyl (C=O) groups is 4. The highest BCUT2D eigenvalue weighted by Crippen LogP contribution is 2.30. The molecule has 0 saturated carbocycles. The van der Waals surface area contributed by atoms with E-state index in [9.17, 15) is 24.3 Å². The van der Waals surface area contributed by atoms with Crippen LogP contribution < -0.4 is 5.32 Å². The minimum absolute atomic E-state index is 0.0142. The van der Waals surface area contributed by atoms with Crippen molar-refractivity contribution in [2.45, 2.75) is 90.7 Å². The van der Waals surface area contributed by atoms with Crippen LogP contribution in [0.3, 0.4) is 0 Å². The molecule has 0 spiro atoms. The van der Waals surface area contributed by atoms with Crippen LogP contribution in [0.1, 0.15) is 66.4 Å². The summed E-state index contributed by atoms with van der Waals surface area (Å²) in [4.78, 5) is 51.0. The number of esters is 1. The zero-order valence-electron chi connectivity index (χ0n) is 21.7. The van der Waals surface area contributed by atoms with Crippen molar-refractivity contribution >= 4 is 24.1 Å². The lowest BCUT2D eigenvalue weighted by Crippen LogP contribution is -2.47. The van der Waals surface area contributed by atoms with Crippen molar-refractivity contribution in [1.29, 1.82) is 0 Å². The number of aliphatic carboxylic acids is 1. The quantitative estimate of drug-likeness (QED) is 0.318. The summed E-state index contributed by atoms with van der Waals surface area (Å²) >= 11 is 0. The molecule has 1 saturated heterocycles. The highest BCUT2D eigenvalue weighted by molar-refractivity contribution is 5.90. The average Bonchev–Trinajstić information content (AvgIpc) is 3.17. The number of nitrogens with zero attached hydrogens (tertiary/aromatic N) is 1. The van der Waals surface area contributed by atoms with E-state index in [0.29, 0.717) is 12.8 Å². The van der Waals surface area contributed by atoms with E-state index in [4.69, 9.17) is 14.2 Å². The van der Waals surface area contributed by atoms with Crippen molar-refractivity contribution in [1.82, 2.24) is 10.2 Å². The molecule has 198 valence electrons. The second-order valence-electron chi connectivity index (χ2n) is 10.5. The number of hydrogen-bond donors (Lipinski definition) is 2. The number of hydrogen-bond acceptors (Lipinski definition) is 7. The molecular weight excluding hydrogens is 468 g/mol. The van der Waals surface area contributed by atoms with Gasteiger partial charge >= 0.3 is 24.1 Å². The third-order valence-corrected chi connectivity index (χ3v) is 5.06. The van der Waals surface area contributed by atoms with Crippen molar-refractivity contribution in [3.05, 3.63) is 47.7 Å². The van der Waals surface area contributed by atoms with Gasteiger partial charge in [-0.3, -0.25) is 10.2 Å². The summed E-state index contributed by atoms with van der Waals surface area (Å²) in [6, 6.07) is 7.69. The van der Waals surface area contributed by atoms with Gasteiger partial charge < -0.3 is 19.3 Å². The van der Waals surface area contributed by atoms with Crippen molar-refractivity contribution in [2.24, 2.45) is 0 Å². The molecule has 2 N–H and O–H groups in total. The number of benzene rings is 1. The van der Waals surface area contributed by atoms with E-state index in [2.05, 4.69) is 5.32 Å². The first-order chi connectivity index (χ1) is 16.7. The molecule has 1 aromatic rings. The Hall–Kier alpha value is -3.56. The van der Waals surface area contributed by atoms with E-state index in [1.165, 1.54) is 11.0 Å². The van der Waals surface area contributed by atoms with Crippen LogP contribution in [0.4, 0.5) is 9.59 Å². The Kier molecular flexibility index (Phi) is 9.49. The zero-order valence-corrected chi connectivity index (χ0v) is 21.7. The molecule has 36 heavy (non-hydrogen) atoms. The predicted molar refractivity (Wildman–Crippen MR) is 131 cm³/mol. The number of nitrogens with one attached hydrogen (secondary N) is 1. The summed E-state index contributed by atoms with van der Waals surface area (Å²) in [6.45, 7) is 10.2. The summed E-state index contributed by atoms with van der Waals surface area (Å²) < 4.78 is 16.1. The molecule has 2 amide bonds. The minimum Gasteiger partial charge on any atom is -0.477 e. The summed E-state index contributed by atoms with van der Waals surface area (Å²) in [6.07, 6.45) is 0.495. The fraction of sp³-hybridized carbons (Fsp3) is 0.538. The van der Waals surface area contributed by atoms with Crippen LogP contribution >= 0.6 is 0 Å². The fourth-order valence-corrected chi connectivity index (χ4v) is 3.64. The SMILES string of the molecule is CC(C)(C)OC(=O)N/C(=C\C[C@H]1CC[C@@H](C(=O)OC(C)(C)C)N1C(=O)OCc1ccccc1)C(=O)O. The number of carboxylic acids is 1. The first-order valence-corrected chi connectivity index (χ1v) is 11.8. The van der Waals surface area contributed by atoms with Gasteiger partial charge in [0.15, 0.2) is 0 Å². The van der Waals surface area contributed by atoms with Crippen LogP contribution in [-0.2, 0) is 30.4 Å². The number of amides is 2. The number of rotatable bonds is 7. The molecular formula is C26H36N2O8. The number of ether oxygens (including phenoxy) is 3. The summed E-state index contributed by atoms with van der Waals surface area (Å²) in [5.41, 5.74) is -1.16. The molecule has 0 radical (unpaired) electrons. The van der Waals surface area contributed by atoms with Crippen molar-refractivity contribution < 1.29 is 38.5 Å². The molecule has 0 unspecified atom stereocenters. The second kappa shape index (κ2) is 11.9. The standard InChI is InChI=1S/C26H36N2O8/c1-25(2,3)35-22(31)20-15-13-18(28(20)24(33)34-16-17-10-8-7-9-11-17)12-14-19(21(29)30)27-23(32)36-26(4,5)6/h7-11,14,18,20H,12-13,15-16H2,1-6H3,(H,27,32)(H,29,30)/b19-14-/t18-,20-/m0/s1. The molecule has 1 aromatic carbocycles. The third-order valence-electron chi connectivity index (χ3n) is 5.06. The summed E-state index contributed by atoms with van der Waals surface area (Å²) in [7, 11) is 0. The van der Waals surface area contributed by atoms with E-state index < -0.39 is 47.4 Å². The lowest BCUT2D eigenvalue weighted by molar-refractivity contribution is -0.160. The van der Waals surface area contributed by atoms with Gasteiger partial charge in [0.1, 0.15) is 29.5 Å². The largest absolute Gasteiger partial charge is 0.477 e. The van der Waals surface area contributed by atoms with Gasteiger partial charge in [0.05, 0.1) is 0 Å². The van der Waals surface area contributed by atoms with Gasteiger partial charge in [-0.2, -0.15) is 0 Å². The molecule has 0 aromatic heterocycles. The summed E-state index contributed by atoms with van der Waals surface area (Å²) in [5, 5.41) is 11.8. The monoisotopic (exact) mass is 504 g/mol. The second-order valence-corrected chi connectivity index (χ2v) is 10.5. The van der Waals surface area contributed by atoms with E-state index >= 15 is 0 Å². The highest BCUT2D eigenvalue weighted by atomic mass is 16.6. The Morgan fingerprint density at radius 2 is 1.61 bits per heavy atom. The van der Waals surface area contributed by atoms with E-state index in [-0.39, 0.29) is 18.7 Å². The lowest BCUT2D eigenvalue weighted by Gasteiger charge is -2.30. The zero-order chi connectivity index (χ0) is 27.1. The van der Waals surface area contributed by atoms with E-state index in [1.54, 1.807) is 41.5 Å². The fourth-order valence-electron chi connectivity index (χ4n) is 3.64. The number of alkyl carbamates (subject to hydrolysis) is 1. The van der Waals surface area contributed by atoms with Crippen molar-refractivity contribution in [3.63, 3.8) is 0 Å². The van der Waals surface area contributed by atoms with Gasteiger partial charge in [-0.1, -0.05) is 36.4 Å². The van der Waals surface area contributed by atoms with Crippen LogP contribution in [-0.4, -0.2) is 57.4 Å². The number of carboxylic acid groups (broad SMARTS) is 1. The molecule has 0 aliphatic carbocycles. The van der Waals surface area contributed by atoms with Crippen LogP contribution in [0.5, 0.6) is 0 Å². The number of carbonyl (C=O) groups excluding carboxylic acids is 3. The smallest absolute Gasteiger partial charge is 0.412 e. The van der Waals surface area contributed by atoms with Gasteiger partial charge in [0.2, 0.25) is 0 Å². The molecule has 1 fully saturated rings. The lowest BCUT2D eigenvalue weighted by atomic mass is 10.1. The van der Waals surface area contributed by atoms with Gasteiger partial charge in [-0.15, -0.1) is 0 Å². The van der Waals surface area contributed by atoms with Gasteiger partial charge in [-0.05, 0) is 66.4 Å². The minimum atomic E-state index is -1.36. The highest BCUT2D eigenvalue weighted by Gasteiger charge is 2.43. The topological polar surface area (TPSA) is 131 Å². The first-order valence-electron chi connectivity index (χ1n) is 11.8. The third kappa shape index (κ3) is 9.24. The maximum absolute atomic E-state index is 13.1. The van der Waals surface area contributed by atoms with Crippen molar-refractivity contribution in [2.75, 3.05) is 0 Å². The van der Waals surface area contributed by atoms with Gasteiger partial charge in [-0.25, -0.2) is 19.2 Å².